The molecule has 94 valence electrons. The summed E-state index contributed by atoms with van der Waals surface area (Å²) in [7, 11) is 0. The van der Waals surface area contributed by atoms with E-state index in [4.69, 9.17) is 4.74 Å². The minimum atomic E-state index is -0.0895. The van der Waals surface area contributed by atoms with Crippen LogP contribution in [-0.4, -0.2) is 19.1 Å². The second kappa shape index (κ2) is 8.62. The Kier molecular flexibility index (Phi) is 6.87. The zero-order valence-electron chi connectivity index (χ0n) is 10.4. The number of para-hydroxylation sites is 1. The zero-order valence-corrected chi connectivity index (χ0v) is 10.4. The number of carbonyl (C=O) groups excluding carboxylic acids is 1. The average molecular weight is 235 g/mol. The molecular formula is C14H21NO2. The Balaban J connectivity index is 2.02. The van der Waals surface area contributed by atoms with E-state index in [9.17, 15) is 4.79 Å². The van der Waals surface area contributed by atoms with Gasteiger partial charge < -0.3 is 10.1 Å². The van der Waals surface area contributed by atoms with Crippen molar-refractivity contribution in [2.45, 2.75) is 32.6 Å². The van der Waals surface area contributed by atoms with Gasteiger partial charge in [0, 0.05) is 18.7 Å². The fraction of sp³-hybridized carbons (Fsp3) is 0.500. The molecule has 1 N–H and O–H groups in total. The Labute approximate surface area is 103 Å². The fourth-order valence-electron chi connectivity index (χ4n) is 1.42. The summed E-state index contributed by atoms with van der Waals surface area (Å²) in [5.41, 5.74) is 1.09. The van der Waals surface area contributed by atoms with Crippen LogP contribution < -0.4 is 5.32 Å². The van der Waals surface area contributed by atoms with Crippen LogP contribution in [0, 0.1) is 0 Å². The van der Waals surface area contributed by atoms with Crippen LogP contribution in [0.15, 0.2) is 30.3 Å². The van der Waals surface area contributed by atoms with E-state index in [1.807, 2.05) is 30.3 Å². The van der Waals surface area contributed by atoms with Crippen molar-refractivity contribution in [1.82, 2.24) is 0 Å². The van der Waals surface area contributed by atoms with Gasteiger partial charge in [-0.15, -0.1) is 0 Å². The van der Waals surface area contributed by atoms with E-state index in [2.05, 4.69) is 12.2 Å². The Morgan fingerprint density at radius 1 is 1.24 bits per heavy atom. The first-order chi connectivity index (χ1) is 8.33. The number of benzene rings is 1. The lowest BCUT2D eigenvalue weighted by atomic mass is 10.3. The third kappa shape index (κ3) is 6.61. The van der Waals surface area contributed by atoms with Gasteiger partial charge in [-0.3, -0.25) is 4.79 Å². The second-order valence-electron chi connectivity index (χ2n) is 3.97. The van der Waals surface area contributed by atoms with E-state index in [1.165, 1.54) is 0 Å². The molecule has 3 nitrogen and oxygen atoms in total. The van der Waals surface area contributed by atoms with Crippen LogP contribution in [0.4, 0.5) is 5.69 Å². The third-order valence-corrected chi connectivity index (χ3v) is 2.42. The topological polar surface area (TPSA) is 38.3 Å². The molecule has 0 aromatic heterocycles. The van der Waals surface area contributed by atoms with E-state index in [0.29, 0.717) is 13.0 Å². The molecule has 0 aliphatic rings. The van der Waals surface area contributed by atoms with Crippen molar-refractivity contribution in [3.8, 4) is 0 Å². The van der Waals surface area contributed by atoms with Crippen LogP contribution in [0.25, 0.3) is 0 Å². The van der Waals surface area contributed by atoms with Crippen molar-refractivity contribution >= 4 is 11.7 Å². The van der Waals surface area contributed by atoms with Gasteiger partial charge in [-0.2, -0.15) is 0 Å². The van der Waals surface area contributed by atoms with Crippen molar-refractivity contribution in [1.29, 1.82) is 0 Å². The SMILES string of the molecule is CCCCOC(=O)CCCNc1ccccc1. The highest BCUT2D eigenvalue weighted by atomic mass is 16.5. The van der Waals surface area contributed by atoms with Gasteiger partial charge in [0.2, 0.25) is 0 Å². The number of ether oxygens (including phenoxy) is 1. The van der Waals surface area contributed by atoms with Crippen molar-refractivity contribution in [2.24, 2.45) is 0 Å². The maximum absolute atomic E-state index is 11.3. The molecule has 1 aromatic carbocycles. The standard InChI is InChI=1S/C14H21NO2/c1-2-3-12-17-14(16)10-7-11-15-13-8-5-4-6-9-13/h4-6,8-9,15H,2-3,7,10-12H2,1H3. The molecule has 1 rings (SSSR count). The average Bonchev–Trinajstić information content (AvgIpc) is 2.36. The first-order valence-corrected chi connectivity index (χ1v) is 6.27. The third-order valence-electron chi connectivity index (χ3n) is 2.42. The zero-order chi connectivity index (χ0) is 12.3. The van der Waals surface area contributed by atoms with E-state index in [-0.39, 0.29) is 5.97 Å². The van der Waals surface area contributed by atoms with E-state index in [0.717, 1.165) is 31.5 Å². The monoisotopic (exact) mass is 235 g/mol. The lowest BCUT2D eigenvalue weighted by molar-refractivity contribution is -0.143. The summed E-state index contributed by atoms with van der Waals surface area (Å²) in [4.78, 5) is 11.3. The highest BCUT2D eigenvalue weighted by Gasteiger charge is 2.01. The van der Waals surface area contributed by atoms with Crippen LogP contribution in [0.2, 0.25) is 0 Å². The number of carbonyl (C=O) groups is 1. The van der Waals surface area contributed by atoms with Crippen molar-refractivity contribution in [3.63, 3.8) is 0 Å². The quantitative estimate of drug-likeness (QED) is 0.555. The number of rotatable bonds is 8. The molecule has 0 fully saturated rings. The first-order valence-electron chi connectivity index (χ1n) is 6.27. The van der Waals surface area contributed by atoms with Crippen molar-refractivity contribution in [2.75, 3.05) is 18.5 Å². The summed E-state index contributed by atoms with van der Waals surface area (Å²) >= 11 is 0. The van der Waals surface area contributed by atoms with Gasteiger partial charge in [0.1, 0.15) is 0 Å². The number of nitrogens with one attached hydrogen (secondary N) is 1. The van der Waals surface area contributed by atoms with Crippen LogP contribution in [0.3, 0.4) is 0 Å². The number of unbranched alkanes of at least 4 members (excludes halogenated alkanes) is 1. The van der Waals surface area contributed by atoms with Crippen LogP contribution in [-0.2, 0) is 9.53 Å². The predicted octanol–water partition coefficient (Wildman–Crippen LogP) is 3.22. The summed E-state index contributed by atoms with van der Waals surface area (Å²) in [5, 5.41) is 3.26. The second-order valence-corrected chi connectivity index (χ2v) is 3.97. The maximum atomic E-state index is 11.3. The molecule has 0 saturated heterocycles. The van der Waals surface area contributed by atoms with Gasteiger partial charge in [0.15, 0.2) is 0 Å². The minimum absolute atomic E-state index is 0.0895. The molecule has 0 unspecified atom stereocenters. The summed E-state index contributed by atoms with van der Waals surface area (Å²) < 4.78 is 5.07. The summed E-state index contributed by atoms with van der Waals surface area (Å²) in [6.45, 7) is 3.44. The number of hydrogen-bond donors (Lipinski definition) is 1. The molecule has 0 radical (unpaired) electrons. The normalized spacial score (nSPS) is 9.94. The predicted molar refractivity (Wildman–Crippen MR) is 70.0 cm³/mol. The van der Waals surface area contributed by atoms with Gasteiger partial charge in [0.05, 0.1) is 6.61 Å². The van der Waals surface area contributed by atoms with E-state index >= 15 is 0 Å². The highest BCUT2D eigenvalue weighted by molar-refractivity contribution is 5.69. The number of hydrogen-bond acceptors (Lipinski definition) is 3. The van der Waals surface area contributed by atoms with Crippen LogP contribution in [0.1, 0.15) is 32.6 Å². The summed E-state index contributed by atoms with van der Waals surface area (Å²) in [5.74, 6) is -0.0895. The molecular weight excluding hydrogens is 214 g/mol. The van der Waals surface area contributed by atoms with Gasteiger partial charge in [-0.05, 0) is 25.0 Å². The summed E-state index contributed by atoms with van der Waals surface area (Å²) in [6, 6.07) is 9.98. The fourth-order valence-corrected chi connectivity index (χ4v) is 1.42. The molecule has 1 aromatic rings. The molecule has 0 amide bonds. The molecule has 0 heterocycles. The molecule has 3 heteroatoms. The van der Waals surface area contributed by atoms with E-state index < -0.39 is 0 Å². The molecule has 0 saturated carbocycles. The van der Waals surface area contributed by atoms with Crippen molar-refractivity contribution in [3.05, 3.63) is 30.3 Å². The maximum Gasteiger partial charge on any atom is 0.305 e. The van der Waals surface area contributed by atoms with Gasteiger partial charge in [0.25, 0.3) is 0 Å². The van der Waals surface area contributed by atoms with Gasteiger partial charge in [-0.25, -0.2) is 0 Å². The van der Waals surface area contributed by atoms with E-state index in [1.54, 1.807) is 0 Å². The smallest absolute Gasteiger partial charge is 0.305 e. The lowest BCUT2D eigenvalue weighted by Gasteiger charge is -2.06. The Hall–Kier alpha value is -1.51. The lowest BCUT2D eigenvalue weighted by Crippen LogP contribution is -2.09. The highest BCUT2D eigenvalue weighted by Crippen LogP contribution is 2.05. The molecule has 0 spiro atoms. The molecule has 0 aliphatic carbocycles. The molecule has 0 atom stereocenters. The Bertz CT molecular complexity index is 311. The Morgan fingerprint density at radius 3 is 2.71 bits per heavy atom. The minimum Gasteiger partial charge on any atom is -0.466 e. The van der Waals surface area contributed by atoms with Gasteiger partial charge >= 0.3 is 5.97 Å². The first kappa shape index (κ1) is 13.6. The molecule has 0 aliphatic heterocycles. The van der Waals surface area contributed by atoms with Crippen molar-refractivity contribution < 1.29 is 9.53 Å². The van der Waals surface area contributed by atoms with Gasteiger partial charge in [-0.1, -0.05) is 31.5 Å². The largest absolute Gasteiger partial charge is 0.466 e. The molecule has 17 heavy (non-hydrogen) atoms. The molecule has 0 bridgehead atoms. The number of esters is 1. The Morgan fingerprint density at radius 2 is 2.00 bits per heavy atom. The van der Waals surface area contributed by atoms with Crippen LogP contribution >= 0.6 is 0 Å². The van der Waals surface area contributed by atoms with Crippen LogP contribution in [0.5, 0.6) is 0 Å². The summed E-state index contributed by atoms with van der Waals surface area (Å²) in [6.07, 6.45) is 3.31. The number of anilines is 1.